The molecule has 1 heterocycles. The first-order chi connectivity index (χ1) is 8.99. The zero-order valence-electron chi connectivity index (χ0n) is 11.0. The van der Waals surface area contributed by atoms with E-state index in [4.69, 9.17) is 0 Å². The van der Waals surface area contributed by atoms with E-state index in [1.54, 1.807) is 10.6 Å². The van der Waals surface area contributed by atoms with E-state index in [1.165, 1.54) is 12.1 Å². The fraction of sp³-hybridized carbons (Fsp3) is 0.333. The average Bonchev–Trinajstić information content (AvgIpc) is 2.80. The Morgan fingerprint density at radius 3 is 1.89 bits per heavy atom. The van der Waals surface area contributed by atoms with Gasteiger partial charge < -0.3 is 4.57 Å². The molecule has 0 amide bonds. The Morgan fingerprint density at radius 2 is 1.42 bits per heavy atom. The molecule has 0 radical (unpaired) electrons. The quantitative estimate of drug-likeness (QED) is 0.764. The molecule has 0 saturated heterocycles. The summed E-state index contributed by atoms with van der Waals surface area (Å²) in [5.74, 6) is 0. The van der Waals surface area contributed by atoms with E-state index in [1.807, 2.05) is 26.0 Å². The average molecular weight is 267 g/mol. The number of alkyl halides is 3. The van der Waals surface area contributed by atoms with Crippen LogP contribution in [0, 0.1) is 0 Å². The maximum absolute atomic E-state index is 13.1. The lowest BCUT2D eigenvalue weighted by molar-refractivity contribution is -0.137. The molecule has 0 atom stereocenters. The van der Waals surface area contributed by atoms with Crippen molar-refractivity contribution >= 4 is 0 Å². The minimum absolute atomic E-state index is 0.216. The Balaban J connectivity index is 2.69. The number of hydrogen-bond acceptors (Lipinski definition) is 0. The summed E-state index contributed by atoms with van der Waals surface area (Å²) in [5.41, 5.74) is 1.42. The Bertz CT molecular complexity index is 546. The molecule has 19 heavy (non-hydrogen) atoms. The highest BCUT2D eigenvalue weighted by molar-refractivity contribution is 5.46. The highest BCUT2D eigenvalue weighted by Crippen LogP contribution is 2.35. The monoisotopic (exact) mass is 267 g/mol. The molecule has 4 heteroatoms. The van der Waals surface area contributed by atoms with Crippen molar-refractivity contribution in [3.63, 3.8) is 0 Å². The second-order valence-electron chi connectivity index (χ2n) is 4.37. The fourth-order valence-corrected chi connectivity index (χ4v) is 2.30. The standard InChI is InChI=1S/C15H16F3N/c1-3-11-9-10-12(4-2)19(11)14-8-6-5-7-13(14)15(16,17)18/h5-10H,3-4H2,1-2H3. The molecule has 2 aromatic rings. The van der Waals surface area contributed by atoms with Gasteiger partial charge in [-0.15, -0.1) is 0 Å². The summed E-state index contributed by atoms with van der Waals surface area (Å²) in [5, 5.41) is 0. The molecule has 102 valence electrons. The van der Waals surface area contributed by atoms with Crippen molar-refractivity contribution in [3.8, 4) is 5.69 Å². The fourth-order valence-electron chi connectivity index (χ4n) is 2.30. The number of para-hydroxylation sites is 1. The first-order valence-corrected chi connectivity index (χ1v) is 6.35. The van der Waals surface area contributed by atoms with Crippen molar-refractivity contribution < 1.29 is 13.2 Å². The van der Waals surface area contributed by atoms with Crippen LogP contribution >= 0.6 is 0 Å². The molecule has 2 rings (SSSR count). The molecule has 1 nitrogen and oxygen atoms in total. The predicted molar refractivity (Wildman–Crippen MR) is 69.5 cm³/mol. The lowest BCUT2D eigenvalue weighted by Crippen LogP contribution is -2.13. The Morgan fingerprint density at radius 1 is 0.895 bits per heavy atom. The van der Waals surface area contributed by atoms with Gasteiger partial charge in [-0.05, 0) is 37.1 Å². The summed E-state index contributed by atoms with van der Waals surface area (Å²) < 4.78 is 41.0. The molecule has 0 aliphatic rings. The van der Waals surface area contributed by atoms with Crippen LogP contribution in [0.25, 0.3) is 5.69 Å². The van der Waals surface area contributed by atoms with Gasteiger partial charge in [-0.3, -0.25) is 0 Å². The molecule has 0 aliphatic heterocycles. The third-order valence-corrected chi connectivity index (χ3v) is 3.22. The first-order valence-electron chi connectivity index (χ1n) is 6.35. The van der Waals surface area contributed by atoms with Gasteiger partial charge in [-0.25, -0.2) is 0 Å². The van der Waals surface area contributed by atoms with E-state index < -0.39 is 11.7 Å². The maximum atomic E-state index is 13.1. The molecule has 0 aliphatic carbocycles. The summed E-state index contributed by atoms with van der Waals surface area (Å²) in [7, 11) is 0. The van der Waals surface area contributed by atoms with Crippen molar-refractivity contribution in [1.82, 2.24) is 4.57 Å². The van der Waals surface area contributed by atoms with Crippen LogP contribution in [0.4, 0.5) is 13.2 Å². The minimum atomic E-state index is -4.34. The van der Waals surface area contributed by atoms with Crippen molar-refractivity contribution in [3.05, 3.63) is 53.3 Å². The van der Waals surface area contributed by atoms with Crippen LogP contribution in [-0.2, 0) is 19.0 Å². The maximum Gasteiger partial charge on any atom is 0.418 e. The predicted octanol–water partition coefficient (Wildman–Crippen LogP) is 4.62. The minimum Gasteiger partial charge on any atom is -0.317 e. The molecule has 1 aromatic carbocycles. The summed E-state index contributed by atoms with van der Waals surface area (Å²) in [4.78, 5) is 0. The molecular weight excluding hydrogens is 251 g/mol. The van der Waals surface area contributed by atoms with Crippen molar-refractivity contribution in [1.29, 1.82) is 0 Å². The van der Waals surface area contributed by atoms with Gasteiger partial charge in [0, 0.05) is 11.4 Å². The lowest BCUT2D eigenvalue weighted by Gasteiger charge is -2.18. The molecule has 0 bridgehead atoms. The molecule has 0 spiro atoms. The summed E-state index contributed by atoms with van der Waals surface area (Å²) >= 11 is 0. The number of hydrogen-bond donors (Lipinski definition) is 0. The number of benzene rings is 1. The van der Waals surface area contributed by atoms with Crippen LogP contribution in [0.2, 0.25) is 0 Å². The van der Waals surface area contributed by atoms with Crippen molar-refractivity contribution in [2.24, 2.45) is 0 Å². The SMILES string of the molecule is CCc1ccc(CC)n1-c1ccccc1C(F)(F)F. The van der Waals surface area contributed by atoms with Crippen molar-refractivity contribution in [2.75, 3.05) is 0 Å². The zero-order chi connectivity index (χ0) is 14.0. The smallest absolute Gasteiger partial charge is 0.317 e. The van der Waals surface area contributed by atoms with Gasteiger partial charge in [0.1, 0.15) is 0 Å². The highest BCUT2D eigenvalue weighted by atomic mass is 19.4. The van der Waals surface area contributed by atoms with Gasteiger partial charge in [0.15, 0.2) is 0 Å². The summed E-state index contributed by atoms with van der Waals surface area (Å²) in [6, 6.07) is 9.52. The number of aryl methyl sites for hydroxylation is 2. The zero-order valence-corrected chi connectivity index (χ0v) is 11.0. The van der Waals surface area contributed by atoms with Crippen LogP contribution in [0.3, 0.4) is 0 Å². The molecule has 0 N–H and O–H groups in total. The van der Waals surface area contributed by atoms with E-state index in [0.29, 0.717) is 12.8 Å². The third-order valence-electron chi connectivity index (χ3n) is 3.22. The molecular formula is C15H16F3N. The van der Waals surface area contributed by atoms with Crippen molar-refractivity contribution in [2.45, 2.75) is 32.9 Å². The van der Waals surface area contributed by atoms with Crippen LogP contribution in [0.5, 0.6) is 0 Å². The van der Waals surface area contributed by atoms with Gasteiger partial charge in [-0.2, -0.15) is 13.2 Å². The van der Waals surface area contributed by atoms with E-state index in [2.05, 4.69) is 0 Å². The van der Waals surface area contributed by atoms with E-state index >= 15 is 0 Å². The summed E-state index contributed by atoms with van der Waals surface area (Å²) in [6.07, 6.45) is -2.94. The summed E-state index contributed by atoms with van der Waals surface area (Å²) in [6.45, 7) is 3.89. The van der Waals surface area contributed by atoms with Gasteiger partial charge >= 0.3 is 6.18 Å². The van der Waals surface area contributed by atoms with Gasteiger partial charge in [0.25, 0.3) is 0 Å². The second kappa shape index (κ2) is 5.11. The largest absolute Gasteiger partial charge is 0.418 e. The van der Waals surface area contributed by atoms with Crippen LogP contribution in [-0.4, -0.2) is 4.57 Å². The molecule has 0 saturated carbocycles. The van der Waals surface area contributed by atoms with Gasteiger partial charge in [0.05, 0.1) is 11.3 Å². The number of nitrogens with zero attached hydrogens (tertiary/aromatic N) is 1. The molecule has 0 unspecified atom stereocenters. The Labute approximate surface area is 110 Å². The lowest BCUT2D eigenvalue weighted by atomic mass is 10.1. The van der Waals surface area contributed by atoms with E-state index in [9.17, 15) is 13.2 Å². The van der Waals surface area contributed by atoms with Crippen LogP contribution in [0.15, 0.2) is 36.4 Å². The number of aromatic nitrogens is 1. The highest BCUT2D eigenvalue weighted by Gasteiger charge is 2.34. The normalized spacial score (nSPS) is 11.8. The topological polar surface area (TPSA) is 4.93 Å². The first kappa shape index (κ1) is 13.7. The Kier molecular flexibility index (Phi) is 3.69. The molecule has 1 aromatic heterocycles. The van der Waals surface area contributed by atoms with Gasteiger partial charge in [-0.1, -0.05) is 26.0 Å². The number of halogens is 3. The van der Waals surface area contributed by atoms with E-state index in [-0.39, 0.29) is 5.69 Å². The second-order valence-corrected chi connectivity index (χ2v) is 4.37. The van der Waals surface area contributed by atoms with Crippen LogP contribution in [0.1, 0.15) is 30.8 Å². The third kappa shape index (κ3) is 2.53. The van der Waals surface area contributed by atoms with Crippen LogP contribution < -0.4 is 0 Å². The van der Waals surface area contributed by atoms with E-state index in [0.717, 1.165) is 17.5 Å². The number of rotatable bonds is 3. The van der Waals surface area contributed by atoms with Gasteiger partial charge in [0.2, 0.25) is 0 Å². The molecule has 0 fully saturated rings. The Hall–Kier alpha value is -1.71.